The first kappa shape index (κ1) is 16.1. The lowest BCUT2D eigenvalue weighted by atomic mass is 9.85. The highest BCUT2D eigenvalue weighted by Gasteiger charge is 2.59. The van der Waals surface area contributed by atoms with Crippen molar-refractivity contribution in [3.05, 3.63) is 35.9 Å². The quantitative estimate of drug-likeness (QED) is 0.861. The molecule has 2 aliphatic heterocycles. The Morgan fingerprint density at radius 2 is 2.08 bits per heavy atom. The minimum absolute atomic E-state index is 0.00929. The number of urea groups is 1. The number of rotatable bonds is 2. The van der Waals surface area contributed by atoms with Gasteiger partial charge in [0.1, 0.15) is 11.4 Å². The van der Waals surface area contributed by atoms with E-state index in [1.807, 2.05) is 49.1 Å². The first-order chi connectivity index (χ1) is 12.0. The molecule has 3 amide bonds. The number of amidine groups is 1. The molecule has 132 valence electrons. The molecule has 2 N–H and O–H groups in total. The van der Waals surface area contributed by atoms with Gasteiger partial charge in [-0.3, -0.25) is 9.79 Å². The van der Waals surface area contributed by atoms with Crippen LogP contribution in [0.4, 0.5) is 4.79 Å². The van der Waals surface area contributed by atoms with Crippen molar-refractivity contribution in [3.63, 3.8) is 0 Å². The van der Waals surface area contributed by atoms with Gasteiger partial charge in [0.05, 0.1) is 0 Å². The van der Waals surface area contributed by atoms with Crippen LogP contribution in [0.1, 0.15) is 32.3 Å². The van der Waals surface area contributed by atoms with Crippen LogP contribution in [0.25, 0.3) is 0 Å². The van der Waals surface area contributed by atoms with Gasteiger partial charge in [0.2, 0.25) is 0 Å². The molecule has 25 heavy (non-hydrogen) atoms. The van der Waals surface area contributed by atoms with Gasteiger partial charge in [-0.1, -0.05) is 30.3 Å². The van der Waals surface area contributed by atoms with Gasteiger partial charge in [0.15, 0.2) is 0 Å². The molecule has 2 heterocycles. The van der Waals surface area contributed by atoms with Crippen LogP contribution >= 0.6 is 0 Å². The van der Waals surface area contributed by atoms with E-state index in [4.69, 9.17) is 4.99 Å². The molecule has 0 bridgehead atoms. The largest absolute Gasteiger partial charge is 0.336 e. The van der Waals surface area contributed by atoms with Gasteiger partial charge in [-0.15, -0.1) is 0 Å². The minimum Gasteiger partial charge on any atom is -0.336 e. The first-order valence-electron chi connectivity index (χ1n) is 9.02. The molecule has 1 aromatic rings. The number of hydrogen-bond acceptors (Lipinski definition) is 3. The van der Waals surface area contributed by atoms with Gasteiger partial charge in [-0.2, -0.15) is 0 Å². The highest BCUT2D eigenvalue weighted by atomic mass is 16.2. The minimum atomic E-state index is -0.706. The van der Waals surface area contributed by atoms with Crippen molar-refractivity contribution in [2.45, 2.75) is 38.3 Å². The van der Waals surface area contributed by atoms with Crippen LogP contribution in [0, 0.1) is 11.8 Å². The predicted molar refractivity (Wildman–Crippen MR) is 95.3 cm³/mol. The summed E-state index contributed by atoms with van der Waals surface area (Å²) in [5, 5.41) is 5.93. The third-order valence-corrected chi connectivity index (χ3v) is 5.63. The maximum absolute atomic E-state index is 12.8. The average molecular weight is 340 g/mol. The summed E-state index contributed by atoms with van der Waals surface area (Å²) in [5.74, 6) is 1.11. The predicted octanol–water partition coefficient (Wildman–Crippen LogP) is 1.76. The molecular formula is C19H24N4O2. The fourth-order valence-corrected chi connectivity index (χ4v) is 4.45. The number of amides is 3. The van der Waals surface area contributed by atoms with Crippen molar-refractivity contribution in [2.24, 2.45) is 16.8 Å². The third-order valence-electron chi connectivity index (χ3n) is 5.63. The molecule has 4 rings (SSSR count). The molecule has 1 saturated carbocycles. The summed E-state index contributed by atoms with van der Waals surface area (Å²) in [5.41, 5.74) is 0.228. The number of aliphatic imine (C=N–C) groups is 1. The van der Waals surface area contributed by atoms with Gasteiger partial charge in [0, 0.05) is 30.6 Å². The Morgan fingerprint density at radius 3 is 2.80 bits per heavy atom. The lowest BCUT2D eigenvalue weighted by Crippen LogP contribution is -2.47. The second-order valence-corrected chi connectivity index (χ2v) is 7.62. The van der Waals surface area contributed by atoms with Crippen LogP contribution in [-0.2, 0) is 4.79 Å². The maximum Gasteiger partial charge on any atom is 0.317 e. The van der Waals surface area contributed by atoms with Gasteiger partial charge in [-0.25, -0.2) is 4.79 Å². The van der Waals surface area contributed by atoms with Gasteiger partial charge in [0.25, 0.3) is 5.91 Å². The Labute approximate surface area is 147 Å². The molecule has 2 fully saturated rings. The number of carbonyl (C=O) groups excluding carboxylic acids is 2. The summed E-state index contributed by atoms with van der Waals surface area (Å²) in [6, 6.07) is 9.83. The molecule has 1 spiro atoms. The highest BCUT2D eigenvalue weighted by molar-refractivity contribution is 6.15. The summed E-state index contributed by atoms with van der Waals surface area (Å²) in [6.45, 7) is 5.23. The van der Waals surface area contributed by atoms with Crippen LogP contribution in [-0.4, -0.2) is 47.3 Å². The molecule has 3 aliphatic rings. The van der Waals surface area contributed by atoms with Crippen molar-refractivity contribution in [2.75, 3.05) is 13.1 Å². The van der Waals surface area contributed by atoms with E-state index in [2.05, 4.69) is 10.6 Å². The smallest absolute Gasteiger partial charge is 0.317 e. The number of nitrogens with zero attached hydrogens (tertiary/aromatic N) is 2. The summed E-state index contributed by atoms with van der Waals surface area (Å²) >= 11 is 0. The Hall–Kier alpha value is -2.37. The first-order valence-corrected chi connectivity index (χ1v) is 9.02. The SMILES string of the molecule is CC(C)NC(=O)N1C[C@H]2CC[C@@]3(N=C(c4ccccc4)NC3=O)[C@H]2C1. The van der Waals surface area contributed by atoms with Crippen molar-refractivity contribution < 1.29 is 9.59 Å². The van der Waals surface area contributed by atoms with E-state index in [-0.39, 0.29) is 23.9 Å². The standard InChI is InChI=1S/C19H24N4O2/c1-12(2)20-18(25)23-10-14-8-9-19(15(14)11-23)17(24)21-16(22-19)13-6-4-3-5-7-13/h3-7,12,14-15H,8-11H2,1-2H3,(H,20,25)(H,21,22,24)/t14-,15+,19-/m1/s1. The summed E-state index contributed by atoms with van der Waals surface area (Å²) < 4.78 is 0. The van der Waals surface area contributed by atoms with E-state index in [0.29, 0.717) is 24.8 Å². The van der Waals surface area contributed by atoms with Crippen molar-refractivity contribution in [1.82, 2.24) is 15.5 Å². The van der Waals surface area contributed by atoms with Crippen LogP contribution in [0.2, 0.25) is 0 Å². The van der Waals surface area contributed by atoms with E-state index in [1.165, 1.54) is 0 Å². The molecule has 0 aromatic heterocycles. The van der Waals surface area contributed by atoms with E-state index in [0.717, 1.165) is 18.4 Å². The number of benzene rings is 1. The third kappa shape index (κ3) is 2.60. The second-order valence-electron chi connectivity index (χ2n) is 7.62. The molecular weight excluding hydrogens is 316 g/mol. The summed E-state index contributed by atoms with van der Waals surface area (Å²) in [4.78, 5) is 31.9. The van der Waals surface area contributed by atoms with Crippen LogP contribution in [0.5, 0.6) is 0 Å². The molecule has 0 radical (unpaired) electrons. The molecule has 0 unspecified atom stereocenters. The fourth-order valence-electron chi connectivity index (χ4n) is 4.45. The van der Waals surface area contributed by atoms with E-state index < -0.39 is 5.54 Å². The zero-order valence-corrected chi connectivity index (χ0v) is 14.7. The molecule has 1 saturated heterocycles. The Balaban J connectivity index is 1.58. The van der Waals surface area contributed by atoms with Gasteiger partial charge < -0.3 is 15.5 Å². The molecule has 6 nitrogen and oxygen atoms in total. The number of likely N-dealkylation sites (tertiary alicyclic amines) is 1. The van der Waals surface area contributed by atoms with Crippen LogP contribution in [0.15, 0.2) is 35.3 Å². The fraction of sp³-hybridized carbons (Fsp3) is 0.526. The topological polar surface area (TPSA) is 73.8 Å². The number of nitrogens with one attached hydrogen (secondary N) is 2. The normalized spacial score (nSPS) is 30.6. The van der Waals surface area contributed by atoms with Gasteiger partial charge >= 0.3 is 6.03 Å². The molecule has 1 aliphatic carbocycles. The van der Waals surface area contributed by atoms with Crippen LogP contribution < -0.4 is 10.6 Å². The van der Waals surface area contributed by atoms with Crippen LogP contribution in [0.3, 0.4) is 0 Å². The Kier molecular flexibility index (Phi) is 3.78. The molecule has 3 atom stereocenters. The maximum atomic E-state index is 12.8. The molecule has 1 aromatic carbocycles. The number of hydrogen-bond donors (Lipinski definition) is 2. The molecule has 6 heteroatoms. The Morgan fingerprint density at radius 1 is 1.32 bits per heavy atom. The number of fused-ring (bicyclic) bond motifs is 2. The lowest BCUT2D eigenvalue weighted by Gasteiger charge is -2.26. The van der Waals surface area contributed by atoms with Crippen molar-refractivity contribution in [3.8, 4) is 0 Å². The Bertz CT molecular complexity index is 730. The lowest BCUT2D eigenvalue weighted by molar-refractivity contribution is -0.124. The second kappa shape index (κ2) is 5.86. The zero-order chi connectivity index (χ0) is 17.6. The van der Waals surface area contributed by atoms with E-state index in [9.17, 15) is 9.59 Å². The van der Waals surface area contributed by atoms with E-state index in [1.54, 1.807) is 0 Å². The van der Waals surface area contributed by atoms with Crippen molar-refractivity contribution in [1.29, 1.82) is 0 Å². The average Bonchev–Trinajstić information content (AvgIpc) is 3.24. The summed E-state index contributed by atoms with van der Waals surface area (Å²) in [6.07, 6.45) is 1.71. The van der Waals surface area contributed by atoms with Gasteiger partial charge in [-0.05, 0) is 32.6 Å². The van der Waals surface area contributed by atoms with E-state index >= 15 is 0 Å². The number of carbonyl (C=O) groups is 2. The van der Waals surface area contributed by atoms with Crippen molar-refractivity contribution >= 4 is 17.8 Å². The zero-order valence-electron chi connectivity index (χ0n) is 14.7. The summed E-state index contributed by atoms with van der Waals surface area (Å²) in [7, 11) is 0. The highest BCUT2D eigenvalue weighted by Crippen LogP contribution is 2.49. The monoisotopic (exact) mass is 340 g/mol.